The Hall–Kier alpha value is -0.900. The summed E-state index contributed by atoms with van der Waals surface area (Å²) in [5, 5.41) is 10.9. The molecule has 0 bridgehead atoms. The second-order valence-electron chi connectivity index (χ2n) is 5.94. The van der Waals surface area contributed by atoms with E-state index in [2.05, 4.69) is 29.2 Å². The van der Waals surface area contributed by atoms with Crippen LogP contribution in [0.2, 0.25) is 0 Å². The largest absolute Gasteiger partial charge is 0.388 e. The quantitative estimate of drug-likeness (QED) is 0.904. The van der Waals surface area contributed by atoms with E-state index in [1.807, 2.05) is 6.07 Å². The molecule has 1 unspecified atom stereocenters. The summed E-state index contributed by atoms with van der Waals surface area (Å²) < 4.78 is 5.40. The lowest BCUT2D eigenvalue weighted by Crippen LogP contribution is -2.43. The minimum absolute atomic E-state index is 0.419. The van der Waals surface area contributed by atoms with Crippen LogP contribution in [0, 0.1) is 5.92 Å². The van der Waals surface area contributed by atoms with Gasteiger partial charge in [0.25, 0.3) is 0 Å². The zero-order valence-electron chi connectivity index (χ0n) is 11.4. The number of hydrogen-bond donors (Lipinski definition) is 1. The van der Waals surface area contributed by atoms with Crippen LogP contribution < -0.4 is 0 Å². The number of likely N-dealkylation sites (tertiary alicyclic amines) is 1. The Kier molecular flexibility index (Phi) is 3.87. The van der Waals surface area contributed by atoms with Gasteiger partial charge in [-0.25, -0.2) is 0 Å². The van der Waals surface area contributed by atoms with Crippen LogP contribution in [0.4, 0.5) is 0 Å². The molecule has 2 aliphatic heterocycles. The lowest BCUT2D eigenvalue weighted by Gasteiger charge is -2.35. The van der Waals surface area contributed by atoms with Gasteiger partial charge < -0.3 is 9.84 Å². The van der Waals surface area contributed by atoms with Gasteiger partial charge in [0.05, 0.1) is 5.60 Å². The number of nitrogens with zero attached hydrogens (tertiary/aromatic N) is 1. The zero-order valence-corrected chi connectivity index (χ0v) is 11.4. The molecule has 2 fully saturated rings. The number of rotatable bonds is 3. The fourth-order valence-electron chi connectivity index (χ4n) is 3.44. The standard InChI is InChI=1S/C16H23NO2/c18-16(15-6-10-19-11-7-15)8-9-17(13-16)12-14-4-2-1-3-5-14/h1-5,15,18H,6-13H2. The van der Waals surface area contributed by atoms with Crippen molar-refractivity contribution < 1.29 is 9.84 Å². The van der Waals surface area contributed by atoms with Gasteiger partial charge in [0.2, 0.25) is 0 Å². The summed E-state index contributed by atoms with van der Waals surface area (Å²) in [5.41, 5.74) is 0.845. The zero-order chi connectivity index (χ0) is 13.1. The molecule has 1 aromatic rings. The van der Waals surface area contributed by atoms with Crippen molar-refractivity contribution >= 4 is 0 Å². The van der Waals surface area contributed by atoms with Crippen molar-refractivity contribution in [2.45, 2.75) is 31.4 Å². The van der Waals surface area contributed by atoms with Crippen LogP contribution in [0.1, 0.15) is 24.8 Å². The fourth-order valence-corrected chi connectivity index (χ4v) is 3.44. The van der Waals surface area contributed by atoms with Crippen LogP contribution in [0.25, 0.3) is 0 Å². The van der Waals surface area contributed by atoms with E-state index in [1.54, 1.807) is 0 Å². The Morgan fingerprint density at radius 3 is 2.68 bits per heavy atom. The Balaban J connectivity index is 1.59. The highest BCUT2D eigenvalue weighted by atomic mass is 16.5. The van der Waals surface area contributed by atoms with Crippen molar-refractivity contribution in [2.75, 3.05) is 26.3 Å². The molecule has 3 nitrogen and oxygen atoms in total. The highest BCUT2D eigenvalue weighted by molar-refractivity contribution is 5.15. The van der Waals surface area contributed by atoms with Crippen LogP contribution >= 0.6 is 0 Å². The van der Waals surface area contributed by atoms with Crippen molar-refractivity contribution in [1.29, 1.82) is 0 Å². The van der Waals surface area contributed by atoms with Crippen LogP contribution in [0.15, 0.2) is 30.3 Å². The molecular weight excluding hydrogens is 238 g/mol. The molecule has 0 amide bonds. The van der Waals surface area contributed by atoms with Gasteiger partial charge in [0.15, 0.2) is 0 Å². The Morgan fingerprint density at radius 2 is 1.95 bits per heavy atom. The average molecular weight is 261 g/mol. The van der Waals surface area contributed by atoms with Gasteiger partial charge in [-0.3, -0.25) is 4.90 Å². The van der Waals surface area contributed by atoms with Crippen LogP contribution in [-0.4, -0.2) is 41.9 Å². The first-order chi connectivity index (χ1) is 9.26. The normalized spacial score (nSPS) is 29.7. The first-order valence-corrected chi connectivity index (χ1v) is 7.33. The predicted molar refractivity (Wildman–Crippen MR) is 74.8 cm³/mol. The van der Waals surface area contributed by atoms with E-state index < -0.39 is 5.60 Å². The molecule has 3 rings (SSSR count). The number of benzene rings is 1. The van der Waals surface area contributed by atoms with E-state index in [1.165, 1.54) is 5.56 Å². The Morgan fingerprint density at radius 1 is 1.21 bits per heavy atom. The number of hydrogen-bond acceptors (Lipinski definition) is 3. The third-order valence-electron chi connectivity index (χ3n) is 4.59. The van der Waals surface area contributed by atoms with Crippen molar-refractivity contribution in [3.05, 3.63) is 35.9 Å². The third kappa shape index (κ3) is 2.99. The van der Waals surface area contributed by atoms with E-state index >= 15 is 0 Å². The molecule has 0 aliphatic carbocycles. The summed E-state index contributed by atoms with van der Waals surface area (Å²) in [5.74, 6) is 0.419. The van der Waals surface area contributed by atoms with Crippen LogP contribution in [0.3, 0.4) is 0 Å². The third-order valence-corrected chi connectivity index (χ3v) is 4.59. The van der Waals surface area contributed by atoms with E-state index in [0.717, 1.165) is 52.1 Å². The molecule has 3 heteroatoms. The monoisotopic (exact) mass is 261 g/mol. The van der Waals surface area contributed by atoms with Gasteiger partial charge in [-0.2, -0.15) is 0 Å². The fraction of sp³-hybridized carbons (Fsp3) is 0.625. The topological polar surface area (TPSA) is 32.7 Å². The van der Waals surface area contributed by atoms with Crippen LogP contribution in [-0.2, 0) is 11.3 Å². The molecule has 0 aromatic heterocycles. The Labute approximate surface area is 115 Å². The molecule has 2 saturated heterocycles. The first kappa shape index (κ1) is 13.1. The maximum absolute atomic E-state index is 10.9. The van der Waals surface area contributed by atoms with E-state index in [-0.39, 0.29) is 0 Å². The van der Waals surface area contributed by atoms with Gasteiger partial charge in [-0.15, -0.1) is 0 Å². The molecule has 0 spiro atoms. The van der Waals surface area contributed by atoms with E-state index in [4.69, 9.17) is 4.74 Å². The van der Waals surface area contributed by atoms with Crippen molar-refractivity contribution in [1.82, 2.24) is 4.90 Å². The molecule has 2 heterocycles. The Bertz CT molecular complexity index is 402. The molecular formula is C16H23NO2. The highest BCUT2D eigenvalue weighted by Gasteiger charge is 2.42. The van der Waals surface area contributed by atoms with Crippen molar-refractivity contribution in [3.63, 3.8) is 0 Å². The lowest BCUT2D eigenvalue weighted by molar-refractivity contribution is -0.0582. The minimum Gasteiger partial charge on any atom is -0.388 e. The van der Waals surface area contributed by atoms with E-state index in [0.29, 0.717) is 5.92 Å². The predicted octanol–water partition coefficient (Wildman–Crippen LogP) is 2.05. The summed E-state index contributed by atoms with van der Waals surface area (Å²) in [4.78, 5) is 2.38. The summed E-state index contributed by atoms with van der Waals surface area (Å²) in [6.45, 7) is 4.39. The SMILES string of the molecule is OC1(C2CCOCC2)CCN(Cc2ccccc2)C1. The van der Waals surface area contributed by atoms with Crippen molar-refractivity contribution in [2.24, 2.45) is 5.92 Å². The summed E-state index contributed by atoms with van der Waals surface area (Å²) >= 11 is 0. The summed E-state index contributed by atoms with van der Waals surface area (Å²) in [6, 6.07) is 10.5. The molecule has 1 atom stereocenters. The number of aliphatic hydroxyl groups is 1. The molecule has 1 aromatic carbocycles. The minimum atomic E-state index is -0.488. The smallest absolute Gasteiger partial charge is 0.0816 e. The highest BCUT2D eigenvalue weighted by Crippen LogP contribution is 2.35. The maximum Gasteiger partial charge on any atom is 0.0816 e. The van der Waals surface area contributed by atoms with Gasteiger partial charge in [-0.1, -0.05) is 30.3 Å². The maximum atomic E-state index is 10.9. The molecule has 0 radical (unpaired) electrons. The molecule has 104 valence electrons. The van der Waals surface area contributed by atoms with Gasteiger partial charge >= 0.3 is 0 Å². The van der Waals surface area contributed by atoms with Crippen molar-refractivity contribution in [3.8, 4) is 0 Å². The number of β-amino-alcohol motifs (C(OH)–C–C–N with tert-alkyl or cyclic N) is 1. The second-order valence-corrected chi connectivity index (χ2v) is 5.94. The van der Waals surface area contributed by atoms with Gasteiger partial charge in [0.1, 0.15) is 0 Å². The van der Waals surface area contributed by atoms with E-state index in [9.17, 15) is 5.11 Å². The van der Waals surface area contributed by atoms with Gasteiger partial charge in [-0.05, 0) is 30.7 Å². The first-order valence-electron chi connectivity index (χ1n) is 7.33. The summed E-state index contributed by atoms with van der Waals surface area (Å²) in [7, 11) is 0. The molecule has 1 N–H and O–H groups in total. The average Bonchev–Trinajstić information content (AvgIpc) is 2.84. The lowest BCUT2D eigenvalue weighted by atomic mass is 9.81. The molecule has 19 heavy (non-hydrogen) atoms. The van der Waals surface area contributed by atoms with Crippen LogP contribution in [0.5, 0.6) is 0 Å². The molecule has 2 aliphatic rings. The van der Waals surface area contributed by atoms with Gasteiger partial charge in [0, 0.05) is 32.8 Å². The number of ether oxygens (including phenoxy) is 1. The molecule has 0 saturated carbocycles. The second kappa shape index (κ2) is 5.61. The summed E-state index contributed by atoms with van der Waals surface area (Å²) in [6.07, 6.45) is 2.93.